The van der Waals surface area contributed by atoms with Crippen molar-refractivity contribution < 1.29 is 17.6 Å². The van der Waals surface area contributed by atoms with Crippen LogP contribution < -0.4 is 0 Å². The van der Waals surface area contributed by atoms with E-state index >= 15 is 0 Å². The van der Waals surface area contributed by atoms with Gasteiger partial charge in [-0.05, 0) is 38.3 Å². The standard InChI is InChI=1S/C11H17.2C5H11.2ClH.Ta/c1-6-11-9(4)7(2)8(3)10(11)5;2*1-5(2,3)4;;;/h6H2,1-5H3;2*1H2,2-4H3;2*1H;/q;2*-1;;;+2/p-2. The van der Waals surface area contributed by atoms with Crippen LogP contribution in [0.1, 0.15) is 82.6 Å². The van der Waals surface area contributed by atoms with E-state index in [9.17, 15) is 0 Å². The van der Waals surface area contributed by atoms with Gasteiger partial charge in [-0.1, -0.05) is 66.5 Å². The predicted octanol–water partition coefficient (Wildman–Crippen LogP) is 8.77. The number of rotatable bonds is 1. The van der Waals surface area contributed by atoms with Crippen LogP contribution in [-0.2, 0) is 17.6 Å². The molecule has 0 saturated carbocycles. The van der Waals surface area contributed by atoms with Gasteiger partial charge in [-0.3, -0.25) is 0 Å². The van der Waals surface area contributed by atoms with Crippen LogP contribution in [-0.4, -0.2) is 0 Å². The van der Waals surface area contributed by atoms with Gasteiger partial charge in [0.25, 0.3) is 0 Å². The number of halogens is 2. The molecule has 0 nitrogen and oxygen atoms in total. The van der Waals surface area contributed by atoms with Gasteiger partial charge in [0, 0.05) is 5.92 Å². The molecule has 0 spiro atoms. The fraction of sp³-hybridized carbons (Fsp3) is 0.667. The van der Waals surface area contributed by atoms with Crippen molar-refractivity contribution in [3.8, 4) is 0 Å². The van der Waals surface area contributed by atoms with E-state index in [1.54, 1.807) is 5.57 Å². The summed E-state index contributed by atoms with van der Waals surface area (Å²) >= 11 is -0.889. The van der Waals surface area contributed by atoms with Crippen molar-refractivity contribution >= 4 is 18.4 Å². The summed E-state index contributed by atoms with van der Waals surface area (Å²) in [6, 6.07) is 0. The van der Waals surface area contributed by atoms with Gasteiger partial charge in [0.05, 0.1) is 0 Å². The van der Waals surface area contributed by atoms with Gasteiger partial charge < -0.3 is 13.8 Å². The zero-order valence-corrected chi connectivity index (χ0v) is 22.5. The quantitative estimate of drug-likeness (QED) is 0.290. The fourth-order valence-electron chi connectivity index (χ4n) is 1.83. The Bertz CT molecular complexity index is 369. The number of allylic oxidation sites excluding steroid dienone is 4. The second-order valence-electron chi connectivity index (χ2n) is 8.52. The first kappa shape index (κ1) is 29.6. The van der Waals surface area contributed by atoms with Gasteiger partial charge in [-0.25, -0.2) is 0 Å². The molecule has 1 aliphatic rings. The van der Waals surface area contributed by atoms with Crippen LogP contribution in [0.15, 0.2) is 22.3 Å². The minimum absolute atomic E-state index is 0.250. The summed E-state index contributed by atoms with van der Waals surface area (Å²) in [6.45, 7) is 31.1. The average Bonchev–Trinajstić information content (AvgIpc) is 2.51. The van der Waals surface area contributed by atoms with E-state index in [1.165, 1.54) is 29.1 Å². The first-order valence-corrected chi connectivity index (χ1v) is 16.3. The van der Waals surface area contributed by atoms with Crippen molar-refractivity contribution in [1.29, 1.82) is 0 Å². The third-order valence-corrected chi connectivity index (χ3v) is 2.95. The Morgan fingerprint density at radius 1 is 0.750 bits per heavy atom. The average molecular weight is 543 g/mol. The Hall–Kier alpha value is 0.800. The van der Waals surface area contributed by atoms with E-state index in [0.29, 0.717) is 0 Å². The second kappa shape index (κ2) is 13.9. The van der Waals surface area contributed by atoms with E-state index in [4.69, 9.17) is 18.4 Å². The third kappa shape index (κ3) is 20.8. The van der Waals surface area contributed by atoms with Crippen LogP contribution in [0.25, 0.3) is 0 Å². The van der Waals surface area contributed by atoms with Crippen LogP contribution in [0.4, 0.5) is 0 Å². The van der Waals surface area contributed by atoms with E-state index in [0.717, 1.165) is 0 Å². The topological polar surface area (TPSA) is 0 Å². The van der Waals surface area contributed by atoms with Gasteiger partial charge in [-0.2, -0.15) is 10.8 Å². The molecular formula is C21H39Cl2Ta-2. The maximum atomic E-state index is 4.94. The molecule has 0 aliphatic heterocycles. The first-order chi connectivity index (χ1) is 10.5. The molecule has 0 aromatic rings. The minimum atomic E-state index is -0.889. The molecule has 0 atom stereocenters. The molecular weight excluding hydrogens is 504 g/mol. The van der Waals surface area contributed by atoms with Crippen LogP contribution >= 0.6 is 18.4 Å². The van der Waals surface area contributed by atoms with Crippen molar-refractivity contribution in [1.82, 2.24) is 0 Å². The summed E-state index contributed by atoms with van der Waals surface area (Å²) in [5, 5.41) is 0. The Morgan fingerprint density at radius 3 is 1.08 bits per heavy atom. The van der Waals surface area contributed by atoms with Gasteiger partial charge in [0.1, 0.15) is 0 Å². The molecule has 1 radical (unpaired) electrons. The summed E-state index contributed by atoms with van der Waals surface area (Å²) < 4.78 is 0. The normalized spacial score (nSPS) is 15.0. The van der Waals surface area contributed by atoms with Gasteiger partial charge in [0.2, 0.25) is 0 Å². The van der Waals surface area contributed by atoms with Gasteiger partial charge >= 0.3 is 36.0 Å². The van der Waals surface area contributed by atoms with Crippen LogP contribution in [0.5, 0.6) is 0 Å². The van der Waals surface area contributed by atoms with Crippen molar-refractivity contribution in [2.24, 2.45) is 10.8 Å². The summed E-state index contributed by atoms with van der Waals surface area (Å²) in [7, 11) is 9.89. The summed E-state index contributed by atoms with van der Waals surface area (Å²) in [5.41, 5.74) is 6.55. The molecule has 0 fully saturated rings. The van der Waals surface area contributed by atoms with Crippen LogP contribution in [0, 0.1) is 30.6 Å². The molecule has 0 aromatic carbocycles. The number of hydrogen-bond acceptors (Lipinski definition) is 0. The molecule has 144 valence electrons. The fourth-order valence-corrected chi connectivity index (χ4v) is 1.83. The molecule has 24 heavy (non-hydrogen) atoms. The zero-order chi connectivity index (χ0) is 20.3. The van der Waals surface area contributed by atoms with Crippen molar-refractivity contribution in [2.45, 2.75) is 82.6 Å². The van der Waals surface area contributed by atoms with Gasteiger partial charge in [0.15, 0.2) is 0 Å². The molecule has 0 heterocycles. The zero-order valence-electron chi connectivity index (χ0n) is 17.8. The van der Waals surface area contributed by atoms with Crippen molar-refractivity contribution in [3.63, 3.8) is 0 Å². The Kier molecular flexibility index (Phi) is 17.2. The molecule has 1 rings (SSSR count). The van der Waals surface area contributed by atoms with E-state index in [1.807, 2.05) is 0 Å². The van der Waals surface area contributed by atoms with E-state index in [-0.39, 0.29) is 10.8 Å². The number of hydrogen-bond donors (Lipinski definition) is 0. The Labute approximate surface area is 170 Å². The molecule has 0 N–H and O–H groups in total. The molecule has 0 unspecified atom stereocenters. The summed E-state index contributed by atoms with van der Waals surface area (Å²) in [4.78, 5) is 0. The molecule has 0 amide bonds. The summed E-state index contributed by atoms with van der Waals surface area (Å²) in [5.74, 6) is 1.49. The van der Waals surface area contributed by atoms with E-state index < -0.39 is 17.6 Å². The first-order valence-electron chi connectivity index (χ1n) is 8.36. The second-order valence-corrected chi connectivity index (χ2v) is 13.2. The monoisotopic (exact) mass is 542 g/mol. The SMILES string of the molecule is CCC1=C(C)[C](C)C(C)=C1C.[CH2-]C(C)(C)C.[CH2-]C(C)(C)C.[Cl][Ta][Cl]. The third-order valence-electron chi connectivity index (χ3n) is 2.95. The van der Waals surface area contributed by atoms with Crippen LogP contribution in [0.2, 0.25) is 0 Å². The summed E-state index contributed by atoms with van der Waals surface area (Å²) in [6.07, 6.45) is 1.17. The molecule has 0 aromatic heterocycles. The maximum absolute atomic E-state index is 4.94. The van der Waals surface area contributed by atoms with Crippen LogP contribution in [0.3, 0.4) is 0 Å². The van der Waals surface area contributed by atoms with E-state index in [2.05, 4.69) is 90.0 Å². The van der Waals surface area contributed by atoms with Crippen molar-refractivity contribution in [3.05, 3.63) is 42.1 Å². The Morgan fingerprint density at radius 2 is 1.00 bits per heavy atom. The molecule has 0 saturated heterocycles. The molecule has 0 bridgehead atoms. The molecule has 1 aliphatic carbocycles. The van der Waals surface area contributed by atoms with Crippen molar-refractivity contribution in [2.75, 3.05) is 0 Å². The predicted molar refractivity (Wildman–Crippen MR) is 112 cm³/mol. The van der Waals surface area contributed by atoms with Gasteiger partial charge in [-0.15, -0.1) is 0 Å². The molecule has 3 heteroatoms. The Balaban J connectivity index is -0.000000286.